The maximum absolute atomic E-state index is 12.2. The summed E-state index contributed by atoms with van der Waals surface area (Å²) in [5, 5.41) is 7.27. The number of benzene rings is 1. The number of likely N-dealkylation sites (N-methyl/N-ethyl adjacent to an activating group) is 1. The molecule has 0 aliphatic carbocycles. The van der Waals surface area contributed by atoms with Crippen LogP contribution < -0.4 is 5.32 Å². The smallest absolute Gasteiger partial charge is 0.317 e. The Labute approximate surface area is 142 Å². The lowest BCUT2D eigenvalue weighted by Crippen LogP contribution is -2.42. The van der Waals surface area contributed by atoms with E-state index in [1.807, 2.05) is 36.5 Å². The van der Waals surface area contributed by atoms with Gasteiger partial charge in [0.25, 0.3) is 0 Å². The van der Waals surface area contributed by atoms with E-state index >= 15 is 0 Å². The zero-order valence-electron chi connectivity index (χ0n) is 14.0. The van der Waals surface area contributed by atoms with Gasteiger partial charge < -0.3 is 15.0 Å². The molecule has 1 aromatic heterocycles. The molecule has 1 N–H and O–H groups in total. The van der Waals surface area contributed by atoms with Crippen molar-refractivity contribution in [3.63, 3.8) is 0 Å². The fraction of sp³-hybridized carbons (Fsp3) is 0.444. The van der Waals surface area contributed by atoms with Crippen molar-refractivity contribution in [1.82, 2.24) is 20.0 Å². The van der Waals surface area contributed by atoms with E-state index in [1.165, 1.54) is 6.42 Å². The Kier molecular flexibility index (Phi) is 5.48. The van der Waals surface area contributed by atoms with Gasteiger partial charge in [-0.25, -0.2) is 9.48 Å². The molecule has 2 heterocycles. The highest BCUT2D eigenvalue weighted by atomic mass is 16.5. The fourth-order valence-corrected chi connectivity index (χ4v) is 2.83. The van der Waals surface area contributed by atoms with Crippen LogP contribution in [0.3, 0.4) is 0 Å². The number of urea groups is 1. The highest BCUT2D eigenvalue weighted by Gasteiger charge is 2.18. The van der Waals surface area contributed by atoms with Gasteiger partial charge in [-0.2, -0.15) is 5.10 Å². The third kappa shape index (κ3) is 4.35. The van der Waals surface area contributed by atoms with Gasteiger partial charge >= 0.3 is 6.03 Å². The molecule has 24 heavy (non-hydrogen) atoms. The molecule has 1 aliphatic heterocycles. The Hall–Kier alpha value is -2.34. The first kappa shape index (κ1) is 16.5. The number of para-hydroxylation sites is 1. The van der Waals surface area contributed by atoms with Gasteiger partial charge in [0.15, 0.2) is 0 Å². The molecule has 1 atom stereocenters. The second-order valence-electron chi connectivity index (χ2n) is 6.16. The van der Waals surface area contributed by atoms with Crippen molar-refractivity contribution < 1.29 is 9.53 Å². The van der Waals surface area contributed by atoms with E-state index in [0.717, 1.165) is 30.7 Å². The third-order valence-electron chi connectivity index (χ3n) is 4.20. The largest absolute Gasteiger partial charge is 0.376 e. The molecular formula is C18H24N4O2. The molecule has 0 saturated carbocycles. The SMILES string of the molecule is CN(CC1CCCCO1)C(=O)NCc1cnn(-c2ccccc2)c1. The van der Waals surface area contributed by atoms with Gasteiger partial charge in [-0.1, -0.05) is 18.2 Å². The number of nitrogens with one attached hydrogen (secondary N) is 1. The van der Waals surface area contributed by atoms with E-state index in [4.69, 9.17) is 4.74 Å². The molecule has 0 spiro atoms. The first-order chi connectivity index (χ1) is 11.7. The van der Waals surface area contributed by atoms with Crippen LogP contribution in [0.15, 0.2) is 42.7 Å². The van der Waals surface area contributed by atoms with Crippen LogP contribution >= 0.6 is 0 Å². The summed E-state index contributed by atoms with van der Waals surface area (Å²) in [5.74, 6) is 0. The van der Waals surface area contributed by atoms with Crippen molar-refractivity contribution in [3.05, 3.63) is 48.3 Å². The predicted molar refractivity (Wildman–Crippen MR) is 92.0 cm³/mol. The molecule has 1 fully saturated rings. The quantitative estimate of drug-likeness (QED) is 0.918. The highest BCUT2D eigenvalue weighted by molar-refractivity contribution is 5.73. The van der Waals surface area contributed by atoms with Gasteiger partial charge in [-0.15, -0.1) is 0 Å². The number of nitrogens with zero attached hydrogens (tertiary/aromatic N) is 3. The molecule has 1 aromatic carbocycles. The lowest BCUT2D eigenvalue weighted by atomic mass is 10.1. The minimum atomic E-state index is -0.0864. The van der Waals surface area contributed by atoms with Gasteiger partial charge in [-0.3, -0.25) is 0 Å². The monoisotopic (exact) mass is 328 g/mol. The maximum Gasteiger partial charge on any atom is 0.317 e. The Balaban J connectivity index is 1.48. The summed E-state index contributed by atoms with van der Waals surface area (Å²) in [5.41, 5.74) is 1.97. The predicted octanol–water partition coefficient (Wildman–Crippen LogP) is 2.58. The number of carbonyl (C=O) groups is 1. The van der Waals surface area contributed by atoms with Gasteiger partial charge in [0.05, 0.1) is 18.0 Å². The van der Waals surface area contributed by atoms with Gasteiger partial charge in [0.2, 0.25) is 0 Å². The van der Waals surface area contributed by atoms with Crippen LogP contribution in [0.25, 0.3) is 5.69 Å². The molecule has 2 amide bonds. The van der Waals surface area contributed by atoms with Crippen molar-refractivity contribution in [1.29, 1.82) is 0 Å². The molecule has 0 radical (unpaired) electrons. The zero-order valence-corrected chi connectivity index (χ0v) is 14.0. The summed E-state index contributed by atoms with van der Waals surface area (Å²) in [6, 6.07) is 9.82. The first-order valence-electron chi connectivity index (χ1n) is 8.42. The minimum Gasteiger partial charge on any atom is -0.376 e. The molecule has 1 unspecified atom stereocenters. The van der Waals surface area contributed by atoms with Crippen molar-refractivity contribution in [2.75, 3.05) is 20.2 Å². The average Bonchev–Trinajstić information content (AvgIpc) is 3.10. The lowest BCUT2D eigenvalue weighted by molar-refractivity contribution is 0.00385. The molecule has 1 saturated heterocycles. The van der Waals surface area contributed by atoms with Crippen LogP contribution in [0.2, 0.25) is 0 Å². The summed E-state index contributed by atoms with van der Waals surface area (Å²) < 4.78 is 7.49. The Bertz CT molecular complexity index is 650. The average molecular weight is 328 g/mol. The second kappa shape index (κ2) is 7.97. The van der Waals surface area contributed by atoms with E-state index in [1.54, 1.807) is 22.8 Å². The molecule has 3 rings (SSSR count). The Morgan fingerprint density at radius 1 is 1.38 bits per heavy atom. The van der Waals surface area contributed by atoms with Crippen molar-refractivity contribution >= 4 is 6.03 Å². The molecule has 6 nitrogen and oxygen atoms in total. The third-order valence-corrected chi connectivity index (χ3v) is 4.20. The number of ether oxygens (including phenoxy) is 1. The normalized spacial score (nSPS) is 17.5. The van der Waals surface area contributed by atoms with Gasteiger partial charge in [0, 0.05) is 38.5 Å². The van der Waals surface area contributed by atoms with E-state index in [2.05, 4.69) is 10.4 Å². The minimum absolute atomic E-state index is 0.0864. The molecule has 0 bridgehead atoms. The molecule has 2 aromatic rings. The zero-order chi connectivity index (χ0) is 16.8. The Morgan fingerprint density at radius 3 is 2.96 bits per heavy atom. The number of amides is 2. The van der Waals surface area contributed by atoms with Crippen LogP contribution in [-0.4, -0.2) is 47.0 Å². The van der Waals surface area contributed by atoms with E-state index in [-0.39, 0.29) is 12.1 Å². The van der Waals surface area contributed by atoms with Crippen LogP contribution in [0.5, 0.6) is 0 Å². The van der Waals surface area contributed by atoms with Crippen molar-refractivity contribution in [2.45, 2.75) is 31.9 Å². The molecule has 6 heteroatoms. The second-order valence-corrected chi connectivity index (χ2v) is 6.16. The fourth-order valence-electron chi connectivity index (χ4n) is 2.83. The highest BCUT2D eigenvalue weighted by Crippen LogP contribution is 2.13. The lowest BCUT2D eigenvalue weighted by Gasteiger charge is -2.27. The van der Waals surface area contributed by atoms with Gasteiger partial charge in [-0.05, 0) is 31.4 Å². The number of rotatable bonds is 5. The first-order valence-corrected chi connectivity index (χ1v) is 8.42. The standard InChI is InChI=1S/C18H24N4O2/c1-21(14-17-9-5-6-10-24-17)18(23)19-11-15-12-20-22(13-15)16-7-3-2-4-8-16/h2-4,7-8,12-13,17H,5-6,9-11,14H2,1H3,(H,19,23). The van der Waals surface area contributed by atoms with Crippen LogP contribution in [-0.2, 0) is 11.3 Å². The van der Waals surface area contributed by atoms with Crippen LogP contribution in [0, 0.1) is 0 Å². The van der Waals surface area contributed by atoms with Gasteiger partial charge in [0.1, 0.15) is 0 Å². The number of hydrogen-bond acceptors (Lipinski definition) is 3. The van der Waals surface area contributed by atoms with E-state index < -0.39 is 0 Å². The summed E-state index contributed by atoms with van der Waals surface area (Å²) in [7, 11) is 1.81. The number of hydrogen-bond donors (Lipinski definition) is 1. The summed E-state index contributed by atoms with van der Waals surface area (Å²) in [4.78, 5) is 13.9. The van der Waals surface area contributed by atoms with Crippen molar-refractivity contribution in [2.24, 2.45) is 0 Å². The summed E-state index contributed by atoms with van der Waals surface area (Å²) in [6.45, 7) is 1.90. The van der Waals surface area contributed by atoms with E-state index in [9.17, 15) is 4.79 Å². The molecular weight excluding hydrogens is 304 g/mol. The topological polar surface area (TPSA) is 59.4 Å². The molecule has 1 aliphatic rings. The van der Waals surface area contributed by atoms with Crippen LogP contribution in [0.4, 0.5) is 4.79 Å². The number of aromatic nitrogens is 2. The maximum atomic E-state index is 12.2. The van der Waals surface area contributed by atoms with Crippen molar-refractivity contribution in [3.8, 4) is 5.69 Å². The van der Waals surface area contributed by atoms with Crippen LogP contribution in [0.1, 0.15) is 24.8 Å². The van der Waals surface area contributed by atoms with E-state index in [0.29, 0.717) is 13.1 Å². The number of carbonyl (C=O) groups excluding carboxylic acids is 1. The summed E-state index contributed by atoms with van der Waals surface area (Å²) >= 11 is 0. The molecule has 128 valence electrons. The Morgan fingerprint density at radius 2 is 2.21 bits per heavy atom. The summed E-state index contributed by atoms with van der Waals surface area (Å²) in [6.07, 6.45) is 7.20.